The number of rotatable bonds is 5. The number of hydrogen-bond donors (Lipinski definition) is 0. The van der Waals surface area contributed by atoms with E-state index in [4.69, 9.17) is 0 Å². The first kappa shape index (κ1) is 22.7. The summed E-state index contributed by atoms with van der Waals surface area (Å²) in [4.78, 5) is 4.64. The first-order valence-electron chi connectivity index (χ1n) is 7.77. The Balaban J connectivity index is 0.00000156. The van der Waals surface area contributed by atoms with Crippen molar-refractivity contribution in [2.24, 2.45) is 0 Å². The van der Waals surface area contributed by atoms with Crippen LogP contribution in [0.15, 0.2) is 76.5 Å². The van der Waals surface area contributed by atoms with Crippen molar-refractivity contribution in [3.63, 3.8) is 0 Å². The van der Waals surface area contributed by atoms with Gasteiger partial charge < -0.3 is 0 Å². The van der Waals surface area contributed by atoms with E-state index in [2.05, 4.69) is 88.0 Å². The minimum absolute atomic E-state index is 0. The second-order valence-corrected chi connectivity index (χ2v) is 17.5. The van der Waals surface area contributed by atoms with Crippen LogP contribution < -0.4 is 0 Å². The minimum Gasteiger partial charge on any atom is -0.147 e. The van der Waals surface area contributed by atoms with Gasteiger partial charge in [-0.2, -0.15) is 0 Å². The van der Waals surface area contributed by atoms with E-state index >= 15 is 0 Å². The van der Waals surface area contributed by atoms with Crippen LogP contribution >= 0.6 is 40.1 Å². The third-order valence-corrected chi connectivity index (χ3v) is 9.04. The third kappa shape index (κ3) is 6.10. The fourth-order valence-corrected chi connectivity index (χ4v) is 6.63. The summed E-state index contributed by atoms with van der Waals surface area (Å²) in [6, 6.07) is 17.0. The summed E-state index contributed by atoms with van der Waals surface area (Å²) in [7, 11) is 0. The molecule has 1 unspecified atom stereocenters. The molecule has 0 aliphatic heterocycles. The van der Waals surface area contributed by atoms with Crippen LogP contribution in [0.5, 0.6) is 0 Å². The molecule has 1 aliphatic carbocycles. The Hall–Kier alpha value is -0.341. The van der Waals surface area contributed by atoms with Gasteiger partial charge in [-0.1, -0.05) is 0 Å². The second kappa shape index (κ2) is 10.1. The van der Waals surface area contributed by atoms with Gasteiger partial charge in [0.25, 0.3) is 0 Å². The largest absolute Gasteiger partial charge is 0.147 e. The van der Waals surface area contributed by atoms with Gasteiger partial charge in [0.15, 0.2) is 0 Å². The Morgan fingerprint density at radius 2 is 1.72 bits per heavy atom. The van der Waals surface area contributed by atoms with Gasteiger partial charge in [0.05, 0.1) is 0 Å². The molecule has 1 aliphatic rings. The van der Waals surface area contributed by atoms with Gasteiger partial charge >= 0.3 is 154 Å². The Morgan fingerprint density at radius 1 is 1.04 bits per heavy atom. The molecule has 0 radical (unpaired) electrons. The fourth-order valence-electron chi connectivity index (χ4n) is 2.61. The summed E-state index contributed by atoms with van der Waals surface area (Å²) >= 11 is 4.29. The summed E-state index contributed by atoms with van der Waals surface area (Å²) in [6.07, 6.45) is 7.87. The van der Waals surface area contributed by atoms with E-state index < -0.39 is 6.69 Å². The van der Waals surface area contributed by atoms with Crippen LogP contribution in [0.4, 0.5) is 0 Å². The SMILES string of the molecule is C[Si](C)(Br)C1=CC[C]([Cr][CH](c2ccccc2)c2ccccn2)=C1.Cl.Cl. The predicted molar refractivity (Wildman–Crippen MR) is 114 cm³/mol. The molecule has 0 N–H and O–H groups in total. The van der Waals surface area contributed by atoms with Crippen LogP contribution in [0.2, 0.25) is 13.1 Å². The smallest absolute Gasteiger partial charge is 0.147 e. The zero-order valence-electron chi connectivity index (χ0n) is 14.2. The molecule has 2 aromatic rings. The molecule has 0 spiro atoms. The molecule has 1 atom stereocenters. The van der Waals surface area contributed by atoms with Gasteiger partial charge in [0, 0.05) is 0 Å². The van der Waals surface area contributed by atoms with Crippen molar-refractivity contribution in [2.75, 3.05) is 0 Å². The molecule has 134 valence electrons. The summed E-state index contributed by atoms with van der Waals surface area (Å²) in [5.74, 6) is 0. The van der Waals surface area contributed by atoms with Crippen LogP contribution in [0, 0.1) is 0 Å². The zero-order chi connectivity index (χ0) is 16.3. The molecule has 0 saturated carbocycles. The Kier molecular flexibility index (Phi) is 9.18. The number of allylic oxidation sites excluding steroid dienone is 4. The van der Waals surface area contributed by atoms with Crippen molar-refractivity contribution in [2.45, 2.75) is 24.3 Å². The standard InChI is InChI=1S/C12H10N.C7H10BrSi.2ClH.Cr/c1-2-6-11(7-3-1)10-12-8-4-5-9-13-12;1-9(2,8)7-5-3-4-6-7;;;/h1-10H;5-6H,3H2,1-2H3;2*1H;. The maximum atomic E-state index is 4.64. The second-order valence-electron chi connectivity index (χ2n) is 6.11. The number of benzene rings is 1. The van der Waals surface area contributed by atoms with Crippen molar-refractivity contribution in [1.82, 2.24) is 4.98 Å². The number of hydrogen-bond acceptors (Lipinski definition) is 1. The first-order chi connectivity index (χ1) is 11.0. The molecule has 3 rings (SSSR count). The Morgan fingerprint density at radius 3 is 2.28 bits per heavy atom. The Labute approximate surface area is 178 Å². The van der Waals surface area contributed by atoms with E-state index in [9.17, 15) is 0 Å². The molecule has 0 amide bonds. The average molecular weight is 495 g/mol. The van der Waals surface area contributed by atoms with Crippen molar-refractivity contribution < 1.29 is 15.2 Å². The van der Waals surface area contributed by atoms with Gasteiger partial charge in [-0.3, -0.25) is 0 Å². The molecular formula is C19H22BrCl2CrNSi. The van der Waals surface area contributed by atoms with E-state index in [-0.39, 0.29) is 24.8 Å². The van der Waals surface area contributed by atoms with Crippen LogP contribution in [-0.4, -0.2) is 11.7 Å². The topological polar surface area (TPSA) is 12.9 Å². The minimum atomic E-state index is -1.38. The molecule has 1 nitrogen and oxygen atoms in total. The monoisotopic (exact) mass is 493 g/mol. The van der Waals surface area contributed by atoms with Crippen molar-refractivity contribution >= 4 is 46.8 Å². The molecule has 0 saturated heterocycles. The summed E-state index contributed by atoms with van der Waals surface area (Å²) in [5, 5.41) is 1.53. The van der Waals surface area contributed by atoms with Gasteiger partial charge in [0.2, 0.25) is 0 Å². The normalized spacial score (nSPS) is 14.7. The molecule has 25 heavy (non-hydrogen) atoms. The average Bonchev–Trinajstić information content (AvgIpc) is 3.03. The van der Waals surface area contributed by atoms with Crippen molar-refractivity contribution in [3.8, 4) is 0 Å². The predicted octanol–water partition coefficient (Wildman–Crippen LogP) is 6.45. The van der Waals surface area contributed by atoms with E-state index in [1.54, 1.807) is 4.44 Å². The molecular weight excluding hydrogens is 473 g/mol. The van der Waals surface area contributed by atoms with E-state index in [0.717, 1.165) is 6.42 Å². The number of aromatic nitrogens is 1. The van der Waals surface area contributed by atoms with Gasteiger partial charge in [-0.15, -0.1) is 24.8 Å². The zero-order valence-corrected chi connectivity index (χ0v) is 19.7. The van der Waals surface area contributed by atoms with Crippen molar-refractivity contribution in [1.29, 1.82) is 0 Å². The van der Waals surface area contributed by atoms with Crippen LogP contribution in [0.25, 0.3) is 0 Å². The maximum Gasteiger partial charge on any atom is -0.147 e. The number of pyridine rings is 1. The van der Waals surface area contributed by atoms with Crippen LogP contribution in [0.3, 0.4) is 0 Å². The fraction of sp³-hybridized carbons (Fsp3) is 0.211. The molecule has 0 fully saturated rings. The van der Waals surface area contributed by atoms with Gasteiger partial charge in [-0.25, -0.2) is 0 Å². The molecule has 1 aromatic carbocycles. The first-order valence-corrected chi connectivity index (χ1v) is 14.4. The number of halogens is 3. The summed E-state index contributed by atoms with van der Waals surface area (Å²) in [6.45, 7) is 3.31. The molecule has 0 bridgehead atoms. The molecule has 1 aromatic heterocycles. The maximum absolute atomic E-state index is 4.64. The Bertz CT molecular complexity index is 691. The van der Waals surface area contributed by atoms with E-state index in [0.29, 0.717) is 20.0 Å². The molecule has 1 heterocycles. The van der Waals surface area contributed by atoms with Crippen LogP contribution in [0.1, 0.15) is 22.5 Å². The van der Waals surface area contributed by atoms with Gasteiger partial charge in [0.1, 0.15) is 0 Å². The molecule has 6 heteroatoms. The van der Waals surface area contributed by atoms with Crippen LogP contribution in [-0.2, 0) is 15.2 Å². The van der Waals surface area contributed by atoms with Crippen molar-refractivity contribution in [3.05, 3.63) is 87.8 Å². The third-order valence-electron chi connectivity index (χ3n) is 3.85. The van der Waals surface area contributed by atoms with E-state index in [1.807, 2.05) is 12.3 Å². The van der Waals surface area contributed by atoms with Gasteiger partial charge in [-0.05, 0) is 0 Å². The summed E-state index contributed by atoms with van der Waals surface area (Å²) in [5.41, 5.74) is 2.55. The summed E-state index contributed by atoms with van der Waals surface area (Å²) < 4.78 is 1.97. The quantitative estimate of drug-likeness (QED) is 0.343. The number of nitrogens with zero attached hydrogens (tertiary/aromatic N) is 1. The van der Waals surface area contributed by atoms with E-state index in [1.165, 1.54) is 16.5 Å².